The Morgan fingerprint density at radius 3 is 2.43 bits per heavy atom. The first-order valence-electron chi connectivity index (χ1n) is 11.1. The van der Waals surface area contributed by atoms with Crippen LogP contribution in [0.5, 0.6) is 0 Å². The average Bonchev–Trinajstić information content (AvgIpc) is 3.55. The Kier molecular flexibility index (Phi) is 6.59. The summed E-state index contributed by atoms with van der Waals surface area (Å²) in [6, 6.07) is 9.36. The number of nitrogens with zero attached hydrogens (tertiary/aromatic N) is 5. The second-order valence-electron chi connectivity index (χ2n) is 9.24. The van der Waals surface area contributed by atoms with E-state index in [9.17, 15) is 9.59 Å². The Morgan fingerprint density at radius 1 is 1.09 bits per heavy atom. The van der Waals surface area contributed by atoms with E-state index in [0.29, 0.717) is 28.8 Å². The van der Waals surface area contributed by atoms with Crippen LogP contribution in [0.15, 0.2) is 55.9 Å². The molecule has 4 heterocycles. The van der Waals surface area contributed by atoms with Crippen molar-refractivity contribution in [2.24, 2.45) is 0 Å². The zero-order valence-corrected chi connectivity index (χ0v) is 20.3. The minimum atomic E-state index is -1.05. The van der Waals surface area contributed by atoms with Gasteiger partial charge in [-0.2, -0.15) is 4.80 Å². The number of hydrogen-bond donors (Lipinski definition) is 1. The smallest absolute Gasteiger partial charge is 0.251 e. The maximum absolute atomic E-state index is 13.6. The Morgan fingerprint density at radius 2 is 1.83 bits per heavy atom. The standard InChI is InChI=1S/C24H28N6O5/c1-15-8-10-18(34-15)21(23(32)25-24(3,4)5)29(13-17-7-6-12-33-17)20(31)14-30-27-22(26-28-30)19-11-9-16(2)35-19/h6-12,21H,13-14H2,1-5H3,(H,25,32)/t21-/m0/s1. The van der Waals surface area contributed by atoms with E-state index in [1.54, 1.807) is 43.3 Å². The van der Waals surface area contributed by atoms with Gasteiger partial charge < -0.3 is 23.5 Å². The lowest BCUT2D eigenvalue weighted by molar-refractivity contribution is -0.144. The van der Waals surface area contributed by atoms with E-state index in [4.69, 9.17) is 13.3 Å². The SMILES string of the molecule is Cc1ccc(-c2nnn(CC(=O)N(Cc3ccco3)[C@H](C(=O)NC(C)(C)C)c3ccc(C)o3)n2)o1. The molecule has 2 amide bonds. The largest absolute Gasteiger partial charge is 0.467 e. The quantitative estimate of drug-likeness (QED) is 0.406. The van der Waals surface area contributed by atoms with Gasteiger partial charge in [-0.1, -0.05) is 0 Å². The van der Waals surface area contributed by atoms with E-state index >= 15 is 0 Å². The molecule has 1 atom stereocenters. The van der Waals surface area contributed by atoms with Crippen LogP contribution in [-0.2, 0) is 22.7 Å². The minimum Gasteiger partial charge on any atom is -0.467 e. The third-order valence-electron chi connectivity index (χ3n) is 5.01. The van der Waals surface area contributed by atoms with Crippen LogP contribution in [0.3, 0.4) is 0 Å². The number of hydrogen-bond acceptors (Lipinski definition) is 8. The molecule has 0 aromatic carbocycles. The van der Waals surface area contributed by atoms with Gasteiger partial charge in [-0.25, -0.2) is 0 Å². The summed E-state index contributed by atoms with van der Waals surface area (Å²) in [6.07, 6.45) is 1.51. The molecule has 1 N–H and O–H groups in total. The van der Waals surface area contributed by atoms with Crippen molar-refractivity contribution >= 4 is 11.8 Å². The molecule has 4 aromatic rings. The van der Waals surface area contributed by atoms with E-state index in [2.05, 4.69) is 20.7 Å². The highest BCUT2D eigenvalue weighted by Gasteiger charge is 2.36. The maximum atomic E-state index is 13.6. The Labute approximate surface area is 202 Å². The Hall–Kier alpha value is -4.15. The summed E-state index contributed by atoms with van der Waals surface area (Å²) in [7, 11) is 0. The molecular formula is C24H28N6O5. The number of aromatic nitrogens is 4. The molecule has 0 fully saturated rings. The van der Waals surface area contributed by atoms with Gasteiger partial charge in [0.1, 0.15) is 29.6 Å². The van der Waals surface area contributed by atoms with Gasteiger partial charge in [0.05, 0.1) is 12.8 Å². The molecule has 11 heteroatoms. The molecule has 0 saturated heterocycles. The maximum Gasteiger partial charge on any atom is 0.251 e. The van der Waals surface area contributed by atoms with Crippen molar-refractivity contribution in [1.82, 2.24) is 30.4 Å². The van der Waals surface area contributed by atoms with Crippen LogP contribution in [0.1, 0.15) is 49.9 Å². The van der Waals surface area contributed by atoms with Gasteiger partial charge in [0, 0.05) is 5.54 Å². The van der Waals surface area contributed by atoms with Gasteiger partial charge in [0.25, 0.3) is 5.91 Å². The number of carbonyl (C=O) groups is 2. The predicted molar refractivity (Wildman–Crippen MR) is 124 cm³/mol. The zero-order chi connectivity index (χ0) is 25.2. The van der Waals surface area contributed by atoms with E-state index in [-0.39, 0.29) is 24.8 Å². The molecular weight excluding hydrogens is 452 g/mol. The monoisotopic (exact) mass is 480 g/mol. The van der Waals surface area contributed by atoms with Crippen molar-refractivity contribution in [1.29, 1.82) is 0 Å². The summed E-state index contributed by atoms with van der Waals surface area (Å²) in [5.41, 5.74) is -0.528. The van der Waals surface area contributed by atoms with Gasteiger partial charge in [0.15, 0.2) is 11.8 Å². The van der Waals surface area contributed by atoms with Crippen molar-refractivity contribution < 1.29 is 22.8 Å². The number of rotatable bonds is 8. The number of furan rings is 3. The number of carbonyl (C=O) groups excluding carboxylic acids is 2. The number of tetrazole rings is 1. The number of amides is 2. The van der Waals surface area contributed by atoms with Crippen molar-refractivity contribution in [2.75, 3.05) is 0 Å². The minimum absolute atomic E-state index is 0.0345. The molecule has 11 nitrogen and oxygen atoms in total. The molecule has 184 valence electrons. The van der Waals surface area contributed by atoms with Gasteiger partial charge in [-0.15, -0.1) is 10.2 Å². The lowest BCUT2D eigenvalue weighted by Gasteiger charge is -2.31. The van der Waals surface area contributed by atoms with Crippen molar-refractivity contribution in [3.63, 3.8) is 0 Å². The first-order chi connectivity index (χ1) is 16.6. The highest BCUT2D eigenvalue weighted by atomic mass is 16.3. The summed E-state index contributed by atoms with van der Waals surface area (Å²) in [5.74, 6) is 2.06. The molecule has 4 rings (SSSR count). The molecule has 35 heavy (non-hydrogen) atoms. The van der Waals surface area contributed by atoms with Gasteiger partial charge >= 0.3 is 0 Å². The highest BCUT2D eigenvalue weighted by molar-refractivity contribution is 5.88. The number of nitrogens with one attached hydrogen (secondary N) is 1. The first-order valence-corrected chi connectivity index (χ1v) is 11.1. The molecule has 0 spiro atoms. The first kappa shape index (κ1) is 24.0. The molecule has 0 aliphatic heterocycles. The Balaban J connectivity index is 1.65. The molecule has 0 saturated carbocycles. The van der Waals surface area contributed by atoms with Crippen molar-refractivity contribution in [3.8, 4) is 11.6 Å². The Bertz CT molecular complexity index is 1290. The van der Waals surface area contributed by atoms with Crippen LogP contribution in [0.25, 0.3) is 11.6 Å². The van der Waals surface area contributed by atoms with Crippen LogP contribution in [0.2, 0.25) is 0 Å². The average molecular weight is 481 g/mol. The second-order valence-corrected chi connectivity index (χ2v) is 9.24. The van der Waals surface area contributed by atoms with E-state index < -0.39 is 17.5 Å². The summed E-state index contributed by atoms with van der Waals surface area (Å²) in [4.78, 5) is 29.6. The van der Waals surface area contributed by atoms with Gasteiger partial charge in [0.2, 0.25) is 11.7 Å². The highest BCUT2D eigenvalue weighted by Crippen LogP contribution is 2.27. The predicted octanol–water partition coefficient (Wildman–Crippen LogP) is 3.42. The van der Waals surface area contributed by atoms with Gasteiger partial charge in [-0.05, 0) is 76.2 Å². The topological polar surface area (TPSA) is 132 Å². The number of aryl methyl sites for hydroxylation is 2. The summed E-state index contributed by atoms with van der Waals surface area (Å²) in [5, 5.41) is 15.2. The van der Waals surface area contributed by atoms with Crippen molar-refractivity contribution in [2.45, 2.75) is 59.3 Å². The third-order valence-corrected chi connectivity index (χ3v) is 5.01. The molecule has 4 aromatic heterocycles. The second kappa shape index (κ2) is 9.61. The third kappa shape index (κ3) is 5.86. The van der Waals surface area contributed by atoms with E-state index in [1.165, 1.54) is 11.2 Å². The fourth-order valence-electron chi connectivity index (χ4n) is 3.53. The van der Waals surface area contributed by atoms with Crippen LogP contribution >= 0.6 is 0 Å². The van der Waals surface area contributed by atoms with Crippen LogP contribution < -0.4 is 5.32 Å². The molecule has 0 unspecified atom stereocenters. The lowest BCUT2D eigenvalue weighted by atomic mass is 10.1. The molecule has 0 aliphatic carbocycles. The van der Waals surface area contributed by atoms with Crippen LogP contribution in [0.4, 0.5) is 0 Å². The molecule has 0 aliphatic rings. The van der Waals surface area contributed by atoms with E-state index in [1.807, 2.05) is 27.7 Å². The van der Waals surface area contributed by atoms with E-state index in [0.717, 1.165) is 4.80 Å². The molecule has 0 bridgehead atoms. The van der Waals surface area contributed by atoms with Crippen LogP contribution in [0, 0.1) is 13.8 Å². The fraction of sp³-hybridized carbons (Fsp3) is 0.375. The van der Waals surface area contributed by atoms with Crippen LogP contribution in [-0.4, -0.2) is 42.5 Å². The normalized spacial score (nSPS) is 12.5. The van der Waals surface area contributed by atoms with Crippen molar-refractivity contribution in [3.05, 3.63) is 65.7 Å². The lowest BCUT2D eigenvalue weighted by Crippen LogP contribution is -2.49. The summed E-state index contributed by atoms with van der Waals surface area (Å²) in [6.45, 7) is 8.96. The summed E-state index contributed by atoms with van der Waals surface area (Å²) < 4.78 is 16.8. The van der Waals surface area contributed by atoms with Gasteiger partial charge in [-0.3, -0.25) is 9.59 Å². The molecule has 0 radical (unpaired) electrons. The summed E-state index contributed by atoms with van der Waals surface area (Å²) >= 11 is 0. The zero-order valence-electron chi connectivity index (χ0n) is 20.3. The fourth-order valence-corrected chi connectivity index (χ4v) is 3.53.